The monoisotopic (exact) mass is 212 g/mol. The van der Waals surface area contributed by atoms with E-state index in [4.69, 9.17) is 19.3 Å². The molecule has 0 rings (SSSR count). The van der Waals surface area contributed by atoms with E-state index in [2.05, 4.69) is 0 Å². The fourth-order valence-corrected chi connectivity index (χ4v) is 2.56. The summed E-state index contributed by atoms with van der Waals surface area (Å²) < 4.78 is 21.5. The van der Waals surface area contributed by atoms with Gasteiger partial charge in [0, 0.05) is 0 Å². The number of aliphatic hydroxyl groups excluding tert-OH is 2. The summed E-state index contributed by atoms with van der Waals surface area (Å²) in [6, 6.07) is 0. The standard InChI is InChI=1S/C7H17O5P/c1-3-11-13(10,12-4-2)6-7(9)5-8/h7-9H,3-6H2,1-2H3/t7-/m0/s1. The van der Waals surface area contributed by atoms with E-state index in [9.17, 15) is 4.57 Å². The molecule has 80 valence electrons. The second kappa shape index (κ2) is 6.51. The highest BCUT2D eigenvalue weighted by Crippen LogP contribution is 2.48. The molecule has 0 amide bonds. The van der Waals surface area contributed by atoms with Gasteiger partial charge in [-0.05, 0) is 13.8 Å². The second-order valence-electron chi connectivity index (χ2n) is 2.47. The lowest BCUT2D eigenvalue weighted by molar-refractivity contribution is 0.103. The Morgan fingerprint density at radius 1 is 1.31 bits per heavy atom. The average Bonchev–Trinajstić information content (AvgIpc) is 2.04. The summed E-state index contributed by atoms with van der Waals surface area (Å²) in [5.74, 6) is 0. The van der Waals surface area contributed by atoms with Crippen molar-refractivity contribution in [1.29, 1.82) is 0 Å². The molecule has 0 heterocycles. The number of aliphatic hydroxyl groups is 2. The summed E-state index contributed by atoms with van der Waals surface area (Å²) in [4.78, 5) is 0. The molecule has 0 aromatic rings. The molecule has 0 spiro atoms. The van der Waals surface area contributed by atoms with Gasteiger partial charge in [-0.1, -0.05) is 0 Å². The van der Waals surface area contributed by atoms with Crippen LogP contribution in [0.15, 0.2) is 0 Å². The number of hydrogen-bond acceptors (Lipinski definition) is 5. The molecule has 2 N–H and O–H groups in total. The molecule has 0 aliphatic carbocycles. The van der Waals surface area contributed by atoms with Crippen molar-refractivity contribution in [2.75, 3.05) is 26.0 Å². The van der Waals surface area contributed by atoms with Gasteiger partial charge in [-0.2, -0.15) is 0 Å². The van der Waals surface area contributed by atoms with Crippen LogP contribution in [0, 0.1) is 0 Å². The lowest BCUT2D eigenvalue weighted by atomic mass is 10.4. The zero-order valence-electron chi connectivity index (χ0n) is 7.97. The van der Waals surface area contributed by atoms with Gasteiger partial charge in [0.15, 0.2) is 0 Å². The van der Waals surface area contributed by atoms with E-state index < -0.39 is 20.3 Å². The summed E-state index contributed by atoms with van der Waals surface area (Å²) in [6.07, 6.45) is -1.21. The summed E-state index contributed by atoms with van der Waals surface area (Å²) >= 11 is 0. The Morgan fingerprint density at radius 3 is 2.08 bits per heavy atom. The lowest BCUT2D eigenvalue weighted by Gasteiger charge is -2.18. The Kier molecular flexibility index (Phi) is 6.55. The molecule has 0 saturated heterocycles. The van der Waals surface area contributed by atoms with Gasteiger partial charge in [0.05, 0.1) is 32.1 Å². The van der Waals surface area contributed by atoms with Crippen LogP contribution >= 0.6 is 7.60 Å². The van der Waals surface area contributed by atoms with E-state index in [-0.39, 0.29) is 19.4 Å². The van der Waals surface area contributed by atoms with Crippen molar-refractivity contribution in [2.24, 2.45) is 0 Å². The van der Waals surface area contributed by atoms with Crippen molar-refractivity contribution in [3.63, 3.8) is 0 Å². The highest BCUT2D eigenvalue weighted by molar-refractivity contribution is 7.53. The van der Waals surface area contributed by atoms with E-state index in [1.807, 2.05) is 0 Å². The predicted molar refractivity (Wildman–Crippen MR) is 48.8 cm³/mol. The van der Waals surface area contributed by atoms with Gasteiger partial charge < -0.3 is 19.3 Å². The molecule has 0 aromatic carbocycles. The van der Waals surface area contributed by atoms with Crippen LogP contribution in [0.25, 0.3) is 0 Å². The second-order valence-corrected chi connectivity index (χ2v) is 4.57. The average molecular weight is 212 g/mol. The molecule has 0 saturated carbocycles. The van der Waals surface area contributed by atoms with Gasteiger partial charge in [-0.25, -0.2) is 0 Å². The highest BCUT2D eigenvalue weighted by Gasteiger charge is 2.26. The third-order valence-electron chi connectivity index (χ3n) is 1.30. The molecule has 0 aliphatic rings. The highest BCUT2D eigenvalue weighted by atomic mass is 31.2. The van der Waals surface area contributed by atoms with Crippen LogP contribution in [-0.2, 0) is 13.6 Å². The van der Waals surface area contributed by atoms with Crippen molar-refractivity contribution >= 4 is 7.60 Å². The van der Waals surface area contributed by atoms with Crippen LogP contribution in [0.1, 0.15) is 13.8 Å². The van der Waals surface area contributed by atoms with Gasteiger partial charge in [0.25, 0.3) is 0 Å². The molecule has 0 aromatic heterocycles. The van der Waals surface area contributed by atoms with Gasteiger partial charge in [-0.3, -0.25) is 4.57 Å². The first-order valence-electron chi connectivity index (χ1n) is 4.25. The smallest absolute Gasteiger partial charge is 0.333 e. The Bertz CT molecular complexity index is 162. The first-order chi connectivity index (χ1) is 6.08. The third-order valence-corrected chi connectivity index (χ3v) is 3.47. The minimum absolute atomic E-state index is 0.162. The minimum Gasteiger partial charge on any atom is -0.394 e. The maximum absolute atomic E-state index is 11.7. The van der Waals surface area contributed by atoms with Crippen LogP contribution in [0.3, 0.4) is 0 Å². The van der Waals surface area contributed by atoms with E-state index in [0.717, 1.165) is 0 Å². The zero-order chi connectivity index (χ0) is 10.3. The molecule has 1 atom stereocenters. The van der Waals surface area contributed by atoms with Gasteiger partial charge in [-0.15, -0.1) is 0 Å². The topological polar surface area (TPSA) is 76.0 Å². The quantitative estimate of drug-likeness (QED) is 0.604. The van der Waals surface area contributed by atoms with E-state index in [1.165, 1.54) is 0 Å². The molecule has 5 nitrogen and oxygen atoms in total. The van der Waals surface area contributed by atoms with Crippen LogP contribution < -0.4 is 0 Å². The number of rotatable bonds is 7. The predicted octanol–water partition coefficient (Wildman–Crippen LogP) is 0.606. The molecule has 13 heavy (non-hydrogen) atoms. The van der Waals surface area contributed by atoms with Crippen LogP contribution in [-0.4, -0.2) is 42.3 Å². The first kappa shape index (κ1) is 13.1. The third kappa shape index (κ3) is 5.39. The van der Waals surface area contributed by atoms with Gasteiger partial charge >= 0.3 is 7.60 Å². The fraction of sp³-hybridized carbons (Fsp3) is 1.00. The molecular weight excluding hydrogens is 195 g/mol. The lowest BCUT2D eigenvalue weighted by Crippen LogP contribution is -2.19. The Hall–Kier alpha value is 0.0700. The van der Waals surface area contributed by atoms with E-state index in [1.54, 1.807) is 13.8 Å². The van der Waals surface area contributed by atoms with Crippen LogP contribution in [0.2, 0.25) is 0 Å². The first-order valence-corrected chi connectivity index (χ1v) is 5.97. The Morgan fingerprint density at radius 2 is 1.77 bits per heavy atom. The minimum atomic E-state index is -3.20. The summed E-state index contributed by atoms with van der Waals surface area (Å²) in [6.45, 7) is 3.46. The SMILES string of the molecule is CCOP(=O)(C[C@@H](O)CO)OCC. The molecule has 0 aliphatic heterocycles. The Labute approximate surface area is 78.2 Å². The van der Waals surface area contributed by atoms with Crippen molar-refractivity contribution < 1.29 is 23.8 Å². The van der Waals surface area contributed by atoms with E-state index >= 15 is 0 Å². The maximum Gasteiger partial charge on any atom is 0.333 e. The largest absolute Gasteiger partial charge is 0.394 e. The summed E-state index contributed by atoms with van der Waals surface area (Å²) in [7, 11) is -3.20. The molecule has 6 heteroatoms. The summed E-state index contributed by atoms with van der Waals surface area (Å²) in [5, 5.41) is 17.6. The van der Waals surface area contributed by atoms with E-state index in [0.29, 0.717) is 0 Å². The van der Waals surface area contributed by atoms with Crippen LogP contribution in [0.4, 0.5) is 0 Å². The summed E-state index contributed by atoms with van der Waals surface area (Å²) in [5.41, 5.74) is 0. The molecule has 0 fully saturated rings. The molecule has 0 radical (unpaired) electrons. The van der Waals surface area contributed by atoms with Crippen molar-refractivity contribution in [1.82, 2.24) is 0 Å². The number of hydrogen-bond donors (Lipinski definition) is 2. The van der Waals surface area contributed by atoms with Crippen LogP contribution in [0.5, 0.6) is 0 Å². The molecule has 0 bridgehead atoms. The van der Waals surface area contributed by atoms with Crippen molar-refractivity contribution in [2.45, 2.75) is 20.0 Å². The zero-order valence-corrected chi connectivity index (χ0v) is 8.87. The molecular formula is C7H17O5P. The van der Waals surface area contributed by atoms with Crippen molar-refractivity contribution in [3.8, 4) is 0 Å². The van der Waals surface area contributed by atoms with Gasteiger partial charge in [0.1, 0.15) is 0 Å². The normalized spacial score (nSPS) is 14.5. The van der Waals surface area contributed by atoms with Crippen molar-refractivity contribution in [3.05, 3.63) is 0 Å². The van der Waals surface area contributed by atoms with Gasteiger partial charge in [0.2, 0.25) is 0 Å². The Balaban J connectivity index is 4.14. The fourth-order valence-electron chi connectivity index (χ4n) is 0.852. The maximum atomic E-state index is 11.7. The molecule has 0 unspecified atom stereocenters.